The number of hydrogen-bond acceptors (Lipinski definition) is 5. The van der Waals surface area contributed by atoms with Crippen molar-refractivity contribution in [2.45, 2.75) is 59.0 Å². The monoisotopic (exact) mass is 498 g/mol. The molecule has 4 rings (SSSR count). The number of benzene rings is 2. The van der Waals surface area contributed by atoms with Crippen molar-refractivity contribution in [3.05, 3.63) is 71.4 Å². The Balaban J connectivity index is 1.35. The third-order valence-electron chi connectivity index (χ3n) is 7.22. The maximum Gasteiger partial charge on any atom is 0.259 e. The summed E-state index contributed by atoms with van der Waals surface area (Å²) in [5, 5.41) is 9.66. The number of carbonyl (C=O) groups is 1. The molecule has 6 heteroatoms. The Morgan fingerprint density at radius 3 is 2.68 bits per heavy atom. The van der Waals surface area contributed by atoms with E-state index >= 15 is 0 Å². The quantitative estimate of drug-likeness (QED) is 0.248. The number of pyridine rings is 1. The second-order valence-electron chi connectivity index (χ2n) is 10.0. The van der Waals surface area contributed by atoms with E-state index in [0.29, 0.717) is 36.8 Å². The van der Waals surface area contributed by atoms with Gasteiger partial charge in [0, 0.05) is 24.9 Å². The number of unbranched alkanes of at least 4 members (excludes halogenated alkanes) is 2. The summed E-state index contributed by atoms with van der Waals surface area (Å²) in [6.45, 7) is 9.30. The SMILES string of the molecule is CCN(CCC(C)CCN1Cc2nc3ccccc3c(OCCCCC#N)c2C1=O)Cc1ccccc1. The number of nitriles is 1. The number of carbonyl (C=O) groups excluding carboxylic acids is 1. The van der Waals surface area contributed by atoms with E-state index < -0.39 is 0 Å². The van der Waals surface area contributed by atoms with Gasteiger partial charge in [0.15, 0.2) is 0 Å². The Bertz CT molecular complexity index is 1220. The van der Waals surface area contributed by atoms with Crippen LogP contribution in [-0.2, 0) is 13.1 Å². The first kappa shape index (κ1) is 26.6. The highest BCUT2D eigenvalue weighted by atomic mass is 16.5. The van der Waals surface area contributed by atoms with Crippen LogP contribution in [0, 0.1) is 17.2 Å². The summed E-state index contributed by atoms with van der Waals surface area (Å²) in [4.78, 5) is 22.7. The van der Waals surface area contributed by atoms with Gasteiger partial charge in [-0.05, 0) is 62.4 Å². The van der Waals surface area contributed by atoms with Crippen LogP contribution in [-0.4, -0.2) is 46.9 Å². The lowest BCUT2D eigenvalue weighted by Crippen LogP contribution is -2.28. The van der Waals surface area contributed by atoms with E-state index in [1.54, 1.807) is 0 Å². The number of amides is 1. The van der Waals surface area contributed by atoms with Gasteiger partial charge >= 0.3 is 0 Å². The zero-order valence-electron chi connectivity index (χ0n) is 22.2. The smallest absolute Gasteiger partial charge is 0.259 e. The third-order valence-corrected chi connectivity index (χ3v) is 7.22. The van der Waals surface area contributed by atoms with Gasteiger partial charge in [0.05, 0.1) is 30.4 Å². The summed E-state index contributed by atoms with van der Waals surface area (Å²) in [5.41, 5.74) is 3.63. The molecule has 1 atom stereocenters. The van der Waals surface area contributed by atoms with Gasteiger partial charge in [0.1, 0.15) is 11.3 Å². The molecule has 1 aromatic heterocycles. The molecule has 0 N–H and O–H groups in total. The van der Waals surface area contributed by atoms with E-state index in [0.717, 1.165) is 68.5 Å². The lowest BCUT2D eigenvalue weighted by atomic mass is 10.0. The number of para-hydroxylation sites is 1. The molecule has 0 spiro atoms. The van der Waals surface area contributed by atoms with Crippen LogP contribution in [0.5, 0.6) is 5.75 Å². The van der Waals surface area contributed by atoms with Crippen molar-refractivity contribution < 1.29 is 9.53 Å². The molecule has 6 nitrogen and oxygen atoms in total. The van der Waals surface area contributed by atoms with Crippen molar-refractivity contribution in [1.82, 2.24) is 14.8 Å². The van der Waals surface area contributed by atoms with E-state index in [4.69, 9.17) is 15.0 Å². The van der Waals surface area contributed by atoms with Crippen LogP contribution < -0.4 is 4.74 Å². The second-order valence-corrected chi connectivity index (χ2v) is 10.0. The standard InChI is InChI=1S/C31H38N4O2/c1-3-34(22-25-12-6-4-7-13-25)19-16-24(2)17-20-35-23-28-29(31(35)36)30(37-21-11-5-10-18-32)26-14-8-9-15-27(26)33-28/h4,6-9,12-15,24H,3,5,10-11,16-17,19-23H2,1-2H3. The number of aromatic nitrogens is 1. The first-order valence-corrected chi connectivity index (χ1v) is 13.6. The molecule has 0 aliphatic carbocycles. The summed E-state index contributed by atoms with van der Waals surface area (Å²) in [6, 6.07) is 20.7. The van der Waals surface area contributed by atoms with Crippen molar-refractivity contribution in [1.29, 1.82) is 5.26 Å². The topological polar surface area (TPSA) is 69.5 Å². The Kier molecular flexibility index (Phi) is 9.51. The number of hydrogen-bond donors (Lipinski definition) is 0. The normalized spacial score (nSPS) is 13.7. The van der Waals surface area contributed by atoms with Crippen molar-refractivity contribution in [3.8, 4) is 11.8 Å². The van der Waals surface area contributed by atoms with Gasteiger partial charge in [0.2, 0.25) is 0 Å². The first-order chi connectivity index (χ1) is 18.1. The fourth-order valence-corrected chi connectivity index (χ4v) is 4.90. The molecule has 1 unspecified atom stereocenters. The average molecular weight is 499 g/mol. The molecule has 1 aliphatic heterocycles. The molecule has 1 aliphatic rings. The van der Waals surface area contributed by atoms with Gasteiger partial charge in [-0.1, -0.05) is 56.3 Å². The molecule has 1 amide bonds. The van der Waals surface area contributed by atoms with Gasteiger partial charge in [0.25, 0.3) is 5.91 Å². The van der Waals surface area contributed by atoms with E-state index in [1.807, 2.05) is 29.2 Å². The number of ether oxygens (including phenoxy) is 1. The zero-order chi connectivity index (χ0) is 26.0. The molecule has 0 saturated carbocycles. The second kappa shape index (κ2) is 13.2. The summed E-state index contributed by atoms with van der Waals surface area (Å²) in [5.74, 6) is 1.19. The molecule has 2 heterocycles. The summed E-state index contributed by atoms with van der Waals surface area (Å²) in [7, 11) is 0. The highest BCUT2D eigenvalue weighted by Gasteiger charge is 2.33. The number of fused-ring (bicyclic) bond motifs is 2. The summed E-state index contributed by atoms with van der Waals surface area (Å²) in [6.07, 6.45) is 4.17. The number of nitrogens with zero attached hydrogens (tertiary/aromatic N) is 4. The van der Waals surface area contributed by atoms with Crippen LogP contribution in [0.15, 0.2) is 54.6 Å². The van der Waals surface area contributed by atoms with Crippen molar-refractivity contribution in [2.24, 2.45) is 5.92 Å². The lowest BCUT2D eigenvalue weighted by molar-refractivity contribution is 0.0765. The Hall–Kier alpha value is -3.43. The van der Waals surface area contributed by atoms with E-state index in [2.05, 4.69) is 55.1 Å². The molecule has 0 radical (unpaired) electrons. The van der Waals surface area contributed by atoms with Crippen molar-refractivity contribution >= 4 is 16.8 Å². The van der Waals surface area contributed by atoms with Gasteiger partial charge in [-0.2, -0.15) is 5.26 Å². The van der Waals surface area contributed by atoms with E-state index in [1.165, 1.54) is 5.56 Å². The predicted octanol–water partition coefficient (Wildman–Crippen LogP) is 6.20. The third kappa shape index (κ3) is 6.87. The van der Waals surface area contributed by atoms with Crippen LogP contribution >= 0.6 is 0 Å². The molecule has 3 aromatic rings. The van der Waals surface area contributed by atoms with Gasteiger partial charge in [-0.3, -0.25) is 9.69 Å². The van der Waals surface area contributed by atoms with Crippen LogP contribution in [0.3, 0.4) is 0 Å². The lowest BCUT2D eigenvalue weighted by Gasteiger charge is -2.23. The van der Waals surface area contributed by atoms with Crippen molar-refractivity contribution in [3.63, 3.8) is 0 Å². The minimum Gasteiger partial charge on any atom is -0.492 e. The average Bonchev–Trinajstić information content (AvgIpc) is 3.24. The van der Waals surface area contributed by atoms with E-state index in [-0.39, 0.29) is 5.91 Å². The van der Waals surface area contributed by atoms with Crippen LogP contribution in [0.1, 0.15) is 67.6 Å². The molecule has 194 valence electrons. The Labute approximate surface area is 220 Å². The highest BCUT2D eigenvalue weighted by molar-refractivity contribution is 6.05. The molecular weight excluding hydrogens is 460 g/mol. The molecule has 0 saturated heterocycles. The van der Waals surface area contributed by atoms with Gasteiger partial charge in [-0.25, -0.2) is 4.98 Å². The summed E-state index contributed by atoms with van der Waals surface area (Å²) >= 11 is 0. The molecule has 0 fully saturated rings. The largest absolute Gasteiger partial charge is 0.492 e. The zero-order valence-corrected chi connectivity index (χ0v) is 22.2. The predicted molar refractivity (Wildman–Crippen MR) is 147 cm³/mol. The molecular formula is C31H38N4O2. The highest BCUT2D eigenvalue weighted by Crippen LogP contribution is 2.36. The van der Waals surface area contributed by atoms with Crippen LogP contribution in [0.2, 0.25) is 0 Å². The molecule has 0 bridgehead atoms. The number of rotatable bonds is 14. The fourth-order valence-electron chi connectivity index (χ4n) is 4.90. The minimum absolute atomic E-state index is 0.0201. The summed E-state index contributed by atoms with van der Waals surface area (Å²) < 4.78 is 6.18. The molecule has 2 aromatic carbocycles. The maximum absolute atomic E-state index is 13.5. The minimum atomic E-state index is 0.0201. The Morgan fingerprint density at radius 2 is 1.89 bits per heavy atom. The molecule has 37 heavy (non-hydrogen) atoms. The van der Waals surface area contributed by atoms with Crippen LogP contribution in [0.4, 0.5) is 0 Å². The Morgan fingerprint density at radius 1 is 1.11 bits per heavy atom. The van der Waals surface area contributed by atoms with Gasteiger partial charge < -0.3 is 9.64 Å². The van der Waals surface area contributed by atoms with Crippen molar-refractivity contribution in [2.75, 3.05) is 26.2 Å². The first-order valence-electron chi connectivity index (χ1n) is 13.6. The van der Waals surface area contributed by atoms with Crippen LogP contribution in [0.25, 0.3) is 10.9 Å². The van der Waals surface area contributed by atoms with E-state index in [9.17, 15) is 4.79 Å². The maximum atomic E-state index is 13.5. The van der Waals surface area contributed by atoms with Gasteiger partial charge in [-0.15, -0.1) is 0 Å². The fraction of sp³-hybridized carbons (Fsp3) is 0.452.